The highest BCUT2D eigenvalue weighted by atomic mass is 16.2. The lowest BCUT2D eigenvalue weighted by molar-refractivity contribution is -0.128. The van der Waals surface area contributed by atoms with Crippen LogP contribution in [-0.2, 0) is 4.79 Å². The van der Waals surface area contributed by atoms with E-state index in [-0.39, 0.29) is 17.7 Å². The van der Waals surface area contributed by atoms with Crippen molar-refractivity contribution >= 4 is 22.7 Å². The third kappa shape index (κ3) is 2.71. The van der Waals surface area contributed by atoms with E-state index in [4.69, 9.17) is 0 Å². The number of likely N-dealkylation sites (tertiary alicyclic amines) is 1. The van der Waals surface area contributed by atoms with Crippen molar-refractivity contribution in [3.63, 3.8) is 0 Å². The summed E-state index contributed by atoms with van der Waals surface area (Å²) in [6.45, 7) is 3.84. The fourth-order valence-electron chi connectivity index (χ4n) is 2.76. The maximum atomic E-state index is 12.5. The van der Waals surface area contributed by atoms with Gasteiger partial charge in [0.05, 0.1) is 11.5 Å². The lowest BCUT2D eigenvalue weighted by atomic mass is 9.97. The van der Waals surface area contributed by atoms with Crippen molar-refractivity contribution in [3.8, 4) is 0 Å². The number of aromatic amines is 1. The molecule has 22 heavy (non-hydrogen) atoms. The number of unbranched alkanes of at least 4 members (excludes halogenated alkanes) is 1. The third-order valence-electron chi connectivity index (χ3n) is 4.19. The molecule has 0 atom stereocenters. The Morgan fingerprint density at radius 2 is 2.09 bits per heavy atom. The van der Waals surface area contributed by atoms with E-state index in [2.05, 4.69) is 17.2 Å². The minimum atomic E-state index is -0.0639. The van der Waals surface area contributed by atoms with Crippen LogP contribution in [0.15, 0.2) is 30.5 Å². The third-order valence-corrected chi connectivity index (χ3v) is 4.19. The molecule has 1 aromatic heterocycles. The number of hydrogen-bond donors (Lipinski definition) is 2. The van der Waals surface area contributed by atoms with Crippen LogP contribution in [-0.4, -0.2) is 41.3 Å². The number of fused-ring (bicyclic) bond motifs is 1. The highest BCUT2D eigenvalue weighted by Gasteiger charge is 2.36. The molecule has 3 rings (SSSR count). The molecule has 5 heteroatoms. The zero-order valence-electron chi connectivity index (χ0n) is 12.8. The predicted octanol–water partition coefficient (Wildman–Crippen LogP) is 2.16. The molecule has 1 fully saturated rings. The SMILES string of the molecule is CCCCNC(=O)C1CN(C(=O)c2c[nH]c3ccccc23)C1. The summed E-state index contributed by atoms with van der Waals surface area (Å²) in [6.07, 6.45) is 3.81. The van der Waals surface area contributed by atoms with Gasteiger partial charge in [-0.15, -0.1) is 0 Å². The summed E-state index contributed by atoms with van der Waals surface area (Å²) in [7, 11) is 0. The summed E-state index contributed by atoms with van der Waals surface area (Å²) >= 11 is 0. The standard InChI is InChI=1S/C17H21N3O2/c1-2-3-8-18-16(21)12-10-20(11-12)17(22)14-9-19-15-7-5-4-6-13(14)15/h4-7,9,12,19H,2-3,8,10-11H2,1H3,(H,18,21). The van der Waals surface area contributed by atoms with Gasteiger partial charge < -0.3 is 15.2 Å². The first-order valence-electron chi connectivity index (χ1n) is 7.83. The second-order valence-corrected chi connectivity index (χ2v) is 5.80. The van der Waals surface area contributed by atoms with Crippen LogP contribution in [0.3, 0.4) is 0 Å². The van der Waals surface area contributed by atoms with E-state index in [0.717, 1.165) is 30.3 Å². The topological polar surface area (TPSA) is 65.2 Å². The molecule has 0 saturated carbocycles. The molecular weight excluding hydrogens is 278 g/mol. The van der Waals surface area contributed by atoms with E-state index in [1.165, 1.54) is 0 Å². The quantitative estimate of drug-likeness (QED) is 0.831. The summed E-state index contributed by atoms with van der Waals surface area (Å²) in [5.74, 6) is -0.00232. The van der Waals surface area contributed by atoms with Gasteiger partial charge in [-0.05, 0) is 12.5 Å². The Morgan fingerprint density at radius 1 is 1.32 bits per heavy atom. The minimum Gasteiger partial charge on any atom is -0.360 e. The highest BCUT2D eigenvalue weighted by Crippen LogP contribution is 2.23. The fourth-order valence-corrected chi connectivity index (χ4v) is 2.76. The molecule has 1 aliphatic rings. The van der Waals surface area contributed by atoms with Crippen molar-refractivity contribution in [3.05, 3.63) is 36.0 Å². The summed E-state index contributed by atoms with van der Waals surface area (Å²) in [5, 5.41) is 3.86. The van der Waals surface area contributed by atoms with Gasteiger partial charge in [-0.25, -0.2) is 0 Å². The highest BCUT2D eigenvalue weighted by molar-refractivity contribution is 6.07. The molecule has 0 spiro atoms. The van der Waals surface area contributed by atoms with Crippen LogP contribution in [0.2, 0.25) is 0 Å². The van der Waals surface area contributed by atoms with Crippen molar-refractivity contribution < 1.29 is 9.59 Å². The number of rotatable bonds is 5. The molecule has 2 N–H and O–H groups in total. The van der Waals surface area contributed by atoms with Crippen LogP contribution < -0.4 is 5.32 Å². The number of carbonyl (C=O) groups excluding carboxylic acids is 2. The van der Waals surface area contributed by atoms with Gasteiger partial charge in [0, 0.05) is 36.7 Å². The van der Waals surface area contributed by atoms with E-state index < -0.39 is 0 Å². The van der Waals surface area contributed by atoms with Crippen LogP contribution in [0.1, 0.15) is 30.1 Å². The maximum Gasteiger partial charge on any atom is 0.256 e. The normalized spacial score (nSPS) is 14.9. The van der Waals surface area contributed by atoms with Gasteiger partial charge in [0.15, 0.2) is 0 Å². The number of para-hydroxylation sites is 1. The molecule has 0 radical (unpaired) electrons. The fraction of sp³-hybridized carbons (Fsp3) is 0.412. The molecule has 0 bridgehead atoms. The molecule has 2 heterocycles. The van der Waals surface area contributed by atoms with Crippen LogP contribution in [0.25, 0.3) is 10.9 Å². The summed E-state index contributed by atoms with van der Waals surface area (Å²) in [6, 6.07) is 7.75. The number of nitrogens with zero attached hydrogens (tertiary/aromatic N) is 1. The van der Waals surface area contributed by atoms with Gasteiger partial charge in [0.2, 0.25) is 5.91 Å². The Bertz CT molecular complexity index is 686. The number of benzene rings is 1. The zero-order chi connectivity index (χ0) is 15.5. The van der Waals surface area contributed by atoms with Crippen LogP contribution in [0, 0.1) is 5.92 Å². The minimum absolute atomic E-state index is 0.00458. The molecule has 1 aromatic carbocycles. The van der Waals surface area contributed by atoms with Crippen molar-refractivity contribution in [1.29, 1.82) is 0 Å². The summed E-state index contributed by atoms with van der Waals surface area (Å²) in [4.78, 5) is 29.3. The lowest BCUT2D eigenvalue weighted by Crippen LogP contribution is -2.55. The Hall–Kier alpha value is -2.30. The van der Waals surface area contributed by atoms with Crippen molar-refractivity contribution in [1.82, 2.24) is 15.2 Å². The maximum absolute atomic E-state index is 12.5. The number of amides is 2. The summed E-state index contributed by atoms with van der Waals surface area (Å²) in [5.41, 5.74) is 1.64. The van der Waals surface area contributed by atoms with Gasteiger partial charge in [-0.2, -0.15) is 0 Å². The molecule has 2 amide bonds. The van der Waals surface area contributed by atoms with Gasteiger partial charge in [0.1, 0.15) is 0 Å². The first-order valence-corrected chi connectivity index (χ1v) is 7.83. The molecule has 1 saturated heterocycles. The molecule has 116 valence electrons. The molecule has 2 aromatic rings. The monoisotopic (exact) mass is 299 g/mol. The smallest absolute Gasteiger partial charge is 0.256 e. The number of aromatic nitrogens is 1. The Labute approximate surface area is 129 Å². The van der Waals surface area contributed by atoms with Crippen LogP contribution in [0.4, 0.5) is 0 Å². The van der Waals surface area contributed by atoms with Crippen molar-refractivity contribution in [2.45, 2.75) is 19.8 Å². The predicted molar refractivity (Wildman–Crippen MR) is 85.6 cm³/mol. The largest absolute Gasteiger partial charge is 0.360 e. The molecule has 0 unspecified atom stereocenters. The molecule has 5 nitrogen and oxygen atoms in total. The first kappa shape index (κ1) is 14.6. The number of hydrogen-bond acceptors (Lipinski definition) is 2. The zero-order valence-corrected chi connectivity index (χ0v) is 12.8. The van der Waals surface area contributed by atoms with E-state index in [1.807, 2.05) is 24.3 Å². The number of carbonyl (C=O) groups is 2. The lowest BCUT2D eigenvalue weighted by Gasteiger charge is -2.38. The van der Waals surface area contributed by atoms with E-state index in [9.17, 15) is 9.59 Å². The summed E-state index contributed by atoms with van der Waals surface area (Å²) < 4.78 is 0. The van der Waals surface area contributed by atoms with Gasteiger partial charge in [-0.1, -0.05) is 31.5 Å². The molecule has 0 aliphatic carbocycles. The Kier molecular flexibility index (Phi) is 4.13. The number of nitrogens with one attached hydrogen (secondary N) is 2. The average Bonchev–Trinajstić information content (AvgIpc) is 2.89. The molecular formula is C17H21N3O2. The van der Waals surface area contributed by atoms with Gasteiger partial charge in [-0.3, -0.25) is 9.59 Å². The Balaban J connectivity index is 1.58. The van der Waals surface area contributed by atoms with Gasteiger partial charge in [0.25, 0.3) is 5.91 Å². The Morgan fingerprint density at radius 3 is 2.86 bits per heavy atom. The van der Waals surface area contributed by atoms with E-state index in [0.29, 0.717) is 18.7 Å². The second kappa shape index (κ2) is 6.22. The van der Waals surface area contributed by atoms with Crippen molar-refractivity contribution in [2.24, 2.45) is 5.92 Å². The number of H-pyrrole nitrogens is 1. The van der Waals surface area contributed by atoms with Crippen LogP contribution in [0.5, 0.6) is 0 Å². The van der Waals surface area contributed by atoms with Crippen LogP contribution >= 0.6 is 0 Å². The van der Waals surface area contributed by atoms with Crippen molar-refractivity contribution in [2.75, 3.05) is 19.6 Å². The van der Waals surface area contributed by atoms with E-state index >= 15 is 0 Å². The van der Waals surface area contributed by atoms with E-state index in [1.54, 1.807) is 11.1 Å². The van der Waals surface area contributed by atoms with Gasteiger partial charge >= 0.3 is 0 Å². The first-order chi connectivity index (χ1) is 10.7. The average molecular weight is 299 g/mol. The second-order valence-electron chi connectivity index (χ2n) is 5.80. The molecule has 1 aliphatic heterocycles.